The van der Waals surface area contributed by atoms with Gasteiger partial charge in [-0.15, -0.1) is 0 Å². The third-order valence-electron chi connectivity index (χ3n) is 2.84. The van der Waals surface area contributed by atoms with E-state index in [0.29, 0.717) is 12.2 Å². The molecular formula is C13H19NO6. The van der Waals surface area contributed by atoms with Crippen LogP contribution >= 0.6 is 0 Å². The fraction of sp³-hybridized carbons (Fsp3) is 0.538. The Morgan fingerprint density at radius 1 is 1.15 bits per heavy atom. The van der Waals surface area contributed by atoms with Crippen LogP contribution in [0.3, 0.4) is 0 Å². The molecule has 20 heavy (non-hydrogen) atoms. The molecule has 2 amide bonds. The van der Waals surface area contributed by atoms with Crippen LogP contribution in [-0.4, -0.2) is 34.0 Å². The maximum atomic E-state index is 11.2. The Bertz CT molecular complexity index is 399. The van der Waals surface area contributed by atoms with Crippen LogP contribution in [0, 0.1) is 11.8 Å². The summed E-state index contributed by atoms with van der Waals surface area (Å²) in [5.74, 6) is -2.90. The van der Waals surface area contributed by atoms with Crippen molar-refractivity contribution in [1.82, 2.24) is 5.32 Å². The number of carbonyl (C=O) groups is 4. The maximum absolute atomic E-state index is 11.2. The van der Waals surface area contributed by atoms with Gasteiger partial charge in [0.25, 0.3) is 0 Å². The van der Waals surface area contributed by atoms with Gasteiger partial charge in [0, 0.05) is 24.0 Å². The first-order valence-electron chi connectivity index (χ1n) is 6.28. The molecule has 0 aromatic carbocycles. The zero-order valence-corrected chi connectivity index (χ0v) is 11.5. The number of nitrogens with one attached hydrogen (secondary N) is 1. The molecule has 1 rings (SSSR count). The fourth-order valence-electron chi connectivity index (χ4n) is 1.69. The maximum Gasteiger partial charge on any atom is 0.328 e. The summed E-state index contributed by atoms with van der Waals surface area (Å²) in [4.78, 5) is 41.3. The van der Waals surface area contributed by atoms with Crippen LogP contribution in [0.1, 0.15) is 33.1 Å². The Kier molecular flexibility index (Phi) is 7.88. The number of imide groups is 1. The highest BCUT2D eigenvalue weighted by Gasteiger charge is 2.37. The Morgan fingerprint density at radius 2 is 1.65 bits per heavy atom. The molecule has 1 heterocycles. The molecule has 1 fully saturated rings. The van der Waals surface area contributed by atoms with Crippen molar-refractivity contribution in [3.05, 3.63) is 12.2 Å². The van der Waals surface area contributed by atoms with E-state index in [0.717, 1.165) is 19.3 Å². The Hall–Kier alpha value is -2.18. The predicted molar refractivity (Wildman–Crippen MR) is 69.7 cm³/mol. The lowest BCUT2D eigenvalue weighted by Gasteiger charge is -2.08. The summed E-state index contributed by atoms with van der Waals surface area (Å²) in [6.07, 6.45) is 4.06. The van der Waals surface area contributed by atoms with Gasteiger partial charge >= 0.3 is 11.9 Å². The lowest BCUT2D eigenvalue weighted by Crippen LogP contribution is -2.22. The third kappa shape index (κ3) is 6.67. The van der Waals surface area contributed by atoms with Crippen LogP contribution < -0.4 is 5.32 Å². The number of hydrogen-bond acceptors (Lipinski definition) is 4. The lowest BCUT2D eigenvalue weighted by atomic mass is 9.92. The number of carboxylic acid groups (broad SMARTS) is 2. The van der Waals surface area contributed by atoms with Crippen LogP contribution in [0.2, 0.25) is 0 Å². The van der Waals surface area contributed by atoms with Gasteiger partial charge in [0.05, 0.1) is 0 Å². The van der Waals surface area contributed by atoms with E-state index in [9.17, 15) is 19.2 Å². The quantitative estimate of drug-likeness (QED) is 0.507. The van der Waals surface area contributed by atoms with Crippen molar-refractivity contribution in [3.63, 3.8) is 0 Å². The molecule has 2 atom stereocenters. The van der Waals surface area contributed by atoms with E-state index < -0.39 is 11.9 Å². The molecule has 0 aromatic heterocycles. The minimum atomic E-state index is -1.26. The van der Waals surface area contributed by atoms with Crippen molar-refractivity contribution in [1.29, 1.82) is 0 Å². The number of unbranched alkanes of at least 4 members (excludes halogenated alkanes) is 1. The second-order valence-corrected chi connectivity index (χ2v) is 4.40. The molecule has 0 radical (unpaired) electrons. The van der Waals surface area contributed by atoms with Gasteiger partial charge in [0.2, 0.25) is 11.8 Å². The Balaban J connectivity index is 0.000000396. The molecule has 1 aliphatic rings. The van der Waals surface area contributed by atoms with Crippen molar-refractivity contribution >= 4 is 23.8 Å². The van der Waals surface area contributed by atoms with E-state index in [2.05, 4.69) is 12.2 Å². The minimum absolute atomic E-state index is 0.0718. The molecule has 1 saturated heterocycles. The SMILES string of the molecule is CCCCC1C(=O)NC(=O)C1C.O=C(O)/C=C\C(=O)O. The zero-order chi connectivity index (χ0) is 15.7. The summed E-state index contributed by atoms with van der Waals surface area (Å²) in [6.45, 7) is 3.90. The fourth-order valence-corrected chi connectivity index (χ4v) is 1.69. The van der Waals surface area contributed by atoms with E-state index in [-0.39, 0.29) is 23.7 Å². The molecule has 0 aromatic rings. The molecule has 3 N–H and O–H groups in total. The number of aliphatic carboxylic acids is 2. The number of carbonyl (C=O) groups excluding carboxylic acids is 2. The third-order valence-corrected chi connectivity index (χ3v) is 2.84. The molecule has 1 aliphatic heterocycles. The molecule has 0 bridgehead atoms. The topological polar surface area (TPSA) is 121 Å². The molecule has 7 heteroatoms. The summed E-state index contributed by atoms with van der Waals surface area (Å²) in [7, 11) is 0. The van der Waals surface area contributed by atoms with Gasteiger partial charge in [0.1, 0.15) is 0 Å². The van der Waals surface area contributed by atoms with E-state index in [4.69, 9.17) is 10.2 Å². The van der Waals surface area contributed by atoms with Crippen molar-refractivity contribution in [2.24, 2.45) is 11.8 Å². The lowest BCUT2D eigenvalue weighted by molar-refractivity contribution is -0.134. The summed E-state index contributed by atoms with van der Waals surface area (Å²) in [6, 6.07) is 0. The summed E-state index contributed by atoms with van der Waals surface area (Å²) >= 11 is 0. The Labute approximate surface area is 116 Å². The molecule has 7 nitrogen and oxygen atoms in total. The largest absolute Gasteiger partial charge is 0.478 e. The molecule has 112 valence electrons. The highest BCUT2D eigenvalue weighted by molar-refractivity contribution is 6.04. The van der Waals surface area contributed by atoms with E-state index in [1.54, 1.807) is 0 Å². The van der Waals surface area contributed by atoms with Crippen LogP contribution in [0.5, 0.6) is 0 Å². The normalized spacial score (nSPS) is 21.3. The standard InChI is InChI=1S/C9H15NO2.C4H4O4/c1-3-4-5-7-6(2)8(11)10-9(7)12;5-3(6)1-2-4(7)8/h6-7H,3-5H2,1-2H3,(H,10,11,12);1-2H,(H,5,6)(H,7,8)/b;2-1-. The molecule has 0 saturated carbocycles. The van der Waals surface area contributed by atoms with E-state index in [1.165, 1.54) is 0 Å². The van der Waals surface area contributed by atoms with Gasteiger partial charge in [-0.25, -0.2) is 9.59 Å². The number of hydrogen-bond donors (Lipinski definition) is 3. The first kappa shape index (κ1) is 17.8. The van der Waals surface area contributed by atoms with E-state index in [1.807, 2.05) is 6.92 Å². The minimum Gasteiger partial charge on any atom is -0.478 e. The zero-order valence-electron chi connectivity index (χ0n) is 11.5. The summed E-state index contributed by atoms with van der Waals surface area (Å²) in [5, 5.41) is 18.0. The van der Waals surface area contributed by atoms with Gasteiger partial charge in [-0.3, -0.25) is 14.9 Å². The summed E-state index contributed by atoms with van der Waals surface area (Å²) in [5.41, 5.74) is 0. The van der Waals surface area contributed by atoms with Gasteiger partial charge in [-0.2, -0.15) is 0 Å². The van der Waals surface area contributed by atoms with Crippen molar-refractivity contribution < 1.29 is 29.4 Å². The molecule has 0 spiro atoms. The summed E-state index contributed by atoms with van der Waals surface area (Å²) < 4.78 is 0. The van der Waals surface area contributed by atoms with Gasteiger partial charge < -0.3 is 10.2 Å². The highest BCUT2D eigenvalue weighted by atomic mass is 16.4. The monoisotopic (exact) mass is 285 g/mol. The molecule has 0 aliphatic carbocycles. The van der Waals surface area contributed by atoms with Crippen molar-refractivity contribution in [2.75, 3.05) is 0 Å². The van der Waals surface area contributed by atoms with Gasteiger partial charge in [0.15, 0.2) is 0 Å². The van der Waals surface area contributed by atoms with Crippen LogP contribution in [0.25, 0.3) is 0 Å². The molecular weight excluding hydrogens is 266 g/mol. The first-order chi connectivity index (χ1) is 9.29. The smallest absolute Gasteiger partial charge is 0.328 e. The van der Waals surface area contributed by atoms with Crippen molar-refractivity contribution in [2.45, 2.75) is 33.1 Å². The van der Waals surface area contributed by atoms with Gasteiger partial charge in [-0.05, 0) is 6.42 Å². The van der Waals surface area contributed by atoms with Crippen LogP contribution in [0.4, 0.5) is 0 Å². The van der Waals surface area contributed by atoms with Crippen molar-refractivity contribution in [3.8, 4) is 0 Å². The predicted octanol–water partition coefficient (Wildman–Crippen LogP) is 0.797. The number of rotatable bonds is 5. The van der Waals surface area contributed by atoms with Gasteiger partial charge in [-0.1, -0.05) is 26.7 Å². The first-order valence-corrected chi connectivity index (χ1v) is 6.28. The van der Waals surface area contributed by atoms with E-state index >= 15 is 0 Å². The average molecular weight is 285 g/mol. The number of carboxylic acids is 2. The highest BCUT2D eigenvalue weighted by Crippen LogP contribution is 2.23. The number of amides is 2. The molecule has 2 unspecified atom stereocenters. The second-order valence-electron chi connectivity index (χ2n) is 4.40. The second kappa shape index (κ2) is 8.84. The van der Waals surface area contributed by atoms with Crippen LogP contribution in [-0.2, 0) is 19.2 Å². The average Bonchev–Trinajstić information content (AvgIpc) is 2.60. The van der Waals surface area contributed by atoms with Crippen LogP contribution in [0.15, 0.2) is 12.2 Å². The Morgan fingerprint density at radius 3 is 1.95 bits per heavy atom.